The van der Waals surface area contributed by atoms with Crippen LogP contribution in [0.5, 0.6) is 0 Å². The van der Waals surface area contributed by atoms with Gasteiger partial charge in [-0.1, -0.05) is 32.9 Å². The predicted molar refractivity (Wildman–Crippen MR) is 80.3 cm³/mol. The summed E-state index contributed by atoms with van der Waals surface area (Å²) in [6, 6.07) is 7.65. The lowest BCUT2D eigenvalue weighted by molar-refractivity contribution is -0.164. The summed E-state index contributed by atoms with van der Waals surface area (Å²) in [5, 5.41) is 10.2. The van der Waals surface area contributed by atoms with Crippen LogP contribution in [0.2, 0.25) is 0 Å². The second-order valence-electron chi connectivity index (χ2n) is 6.28. The molecule has 4 nitrogen and oxygen atoms in total. The molecule has 0 saturated carbocycles. The third-order valence-corrected chi connectivity index (χ3v) is 4.34. The number of benzene rings is 1. The van der Waals surface area contributed by atoms with Gasteiger partial charge < -0.3 is 15.7 Å². The van der Waals surface area contributed by atoms with Crippen molar-refractivity contribution in [2.75, 3.05) is 18.8 Å². The summed E-state index contributed by atoms with van der Waals surface area (Å²) in [5.41, 5.74) is 6.82. The van der Waals surface area contributed by atoms with Crippen molar-refractivity contribution in [1.29, 1.82) is 0 Å². The number of nitrogen functional groups attached to an aromatic ring is 1. The molecule has 110 valence electrons. The first-order valence-corrected chi connectivity index (χ1v) is 7.17. The van der Waals surface area contributed by atoms with E-state index in [2.05, 4.69) is 0 Å². The highest BCUT2D eigenvalue weighted by Gasteiger charge is 2.45. The van der Waals surface area contributed by atoms with E-state index in [1.54, 1.807) is 4.90 Å². The molecule has 1 unspecified atom stereocenters. The van der Waals surface area contributed by atoms with Crippen LogP contribution in [0.15, 0.2) is 24.3 Å². The molecule has 1 fully saturated rings. The Morgan fingerprint density at radius 2 is 1.85 bits per heavy atom. The van der Waals surface area contributed by atoms with E-state index in [-0.39, 0.29) is 17.7 Å². The fourth-order valence-electron chi connectivity index (χ4n) is 2.49. The number of anilines is 1. The van der Waals surface area contributed by atoms with Gasteiger partial charge in [-0.3, -0.25) is 4.79 Å². The normalized spacial score (nSPS) is 18.8. The highest BCUT2D eigenvalue weighted by Crippen LogP contribution is 2.30. The SMILES string of the molecule is CC(CC(=O)N1CC(O)(C(C)C)C1)c1ccc(N)cc1. The van der Waals surface area contributed by atoms with Crippen LogP contribution in [-0.4, -0.2) is 34.6 Å². The Balaban J connectivity index is 1.88. The lowest BCUT2D eigenvalue weighted by Gasteiger charge is -2.49. The van der Waals surface area contributed by atoms with Crippen LogP contribution in [0, 0.1) is 5.92 Å². The average molecular weight is 276 g/mol. The molecule has 1 aromatic rings. The van der Waals surface area contributed by atoms with E-state index >= 15 is 0 Å². The number of nitrogens with zero attached hydrogens (tertiary/aromatic N) is 1. The van der Waals surface area contributed by atoms with Gasteiger partial charge in [0.25, 0.3) is 0 Å². The fraction of sp³-hybridized carbons (Fsp3) is 0.562. The Hall–Kier alpha value is -1.55. The molecule has 1 atom stereocenters. The van der Waals surface area contributed by atoms with Gasteiger partial charge in [0.2, 0.25) is 5.91 Å². The molecule has 0 aliphatic carbocycles. The number of carbonyl (C=O) groups excluding carboxylic acids is 1. The Kier molecular flexibility index (Phi) is 4.04. The predicted octanol–water partition coefficient (Wildman–Crippen LogP) is 1.99. The van der Waals surface area contributed by atoms with Crippen molar-refractivity contribution < 1.29 is 9.90 Å². The Morgan fingerprint density at radius 3 is 2.35 bits per heavy atom. The van der Waals surface area contributed by atoms with Crippen molar-refractivity contribution in [1.82, 2.24) is 4.90 Å². The summed E-state index contributed by atoms with van der Waals surface area (Å²) in [5.74, 6) is 0.455. The molecule has 1 aromatic carbocycles. The molecule has 0 bridgehead atoms. The van der Waals surface area contributed by atoms with Gasteiger partial charge in [-0.05, 0) is 29.5 Å². The summed E-state index contributed by atoms with van der Waals surface area (Å²) in [4.78, 5) is 13.9. The minimum absolute atomic E-state index is 0.111. The highest BCUT2D eigenvalue weighted by molar-refractivity contribution is 5.78. The van der Waals surface area contributed by atoms with E-state index in [9.17, 15) is 9.90 Å². The Labute approximate surface area is 120 Å². The molecule has 1 aliphatic rings. The van der Waals surface area contributed by atoms with E-state index in [4.69, 9.17) is 5.73 Å². The molecule has 1 aliphatic heterocycles. The van der Waals surface area contributed by atoms with Crippen LogP contribution in [0.25, 0.3) is 0 Å². The number of aliphatic hydroxyl groups is 1. The Morgan fingerprint density at radius 1 is 1.30 bits per heavy atom. The standard InChI is InChI=1S/C16H24N2O2/c1-11(2)16(20)9-18(10-16)15(19)8-12(3)13-4-6-14(17)7-5-13/h4-7,11-12,20H,8-10,17H2,1-3H3. The number of amides is 1. The first-order chi connectivity index (χ1) is 9.32. The zero-order chi connectivity index (χ0) is 14.9. The molecule has 20 heavy (non-hydrogen) atoms. The van der Waals surface area contributed by atoms with Gasteiger partial charge in [0.1, 0.15) is 5.60 Å². The van der Waals surface area contributed by atoms with E-state index in [0.717, 1.165) is 11.3 Å². The van der Waals surface area contributed by atoms with Crippen LogP contribution in [0.3, 0.4) is 0 Å². The van der Waals surface area contributed by atoms with Crippen molar-refractivity contribution in [2.24, 2.45) is 5.92 Å². The minimum atomic E-state index is -0.694. The van der Waals surface area contributed by atoms with Gasteiger partial charge in [-0.25, -0.2) is 0 Å². The van der Waals surface area contributed by atoms with E-state index in [0.29, 0.717) is 19.5 Å². The van der Waals surface area contributed by atoms with E-state index in [1.807, 2.05) is 45.0 Å². The molecule has 0 radical (unpaired) electrons. The topological polar surface area (TPSA) is 66.6 Å². The number of carbonyl (C=O) groups is 1. The molecule has 1 heterocycles. The number of hydrogen-bond donors (Lipinski definition) is 2. The maximum Gasteiger partial charge on any atom is 0.223 e. The summed E-state index contributed by atoms with van der Waals surface area (Å²) in [6.45, 7) is 6.92. The van der Waals surface area contributed by atoms with Crippen molar-refractivity contribution in [3.8, 4) is 0 Å². The maximum atomic E-state index is 12.2. The molecule has 1 amide bonds. The first kappa shape index (κ1) is 14.9. The van der Waals surface area contributed by atoms with Crippen LogP contribution < -0.4 is 5.73 Å². The van der Waals surface area contributed by atoms with Crippen LogP contribution in [0.4, 0.5) is 5.69 Å². The number of β-amino-alcohol motifs (C(OH)–C–C–N with tert-alkyl or cyclic N) is 1. The molecular formula is C16H24N2O2. The van der Waals surface area contributed by atoms with Crippen LogP contribution in [0.1, 0.15) is 38.7 Å². The molecular weight excluding hydrogens is 252 g/mol. The second kappa shape index (κ2) is 5.44. The van der Waals surface area contributed by atoms with Crippen molar-refractivity contribution in [3.63, 3.8) is 0 Å². The van der Waals surface area contributed by atoms with Gasteiger partial charge in [-0.2, -0.15) is 0 Å². The van der Waals surface area contributed by atoms with Crippen molar-refractivity contribution in [3.05, 3.63) is 29.8 Å². The van der Waals surface area contributed by atoms with Crippen molar-refractivity contribution in [2.45, 2.75) is 38.7 Å². The molecule has 2 rings (SSSR count). The monoisotopic (exact) mass is 276 g/mol. The number of hydrogen-bond acceptors (Lipinski definition) is 3. The van der Waals surface area contributed by atoms with Gasteiger partial charge in [0.05, 0.1) is 13.1 Å². The molecule has 1 saturated heterocycles. The number of rotatable bonds is 4. The van der Waals surface area contributed by atoms with Gasteiger partial charge in [-0.15, -0.1) is 0 Å². The third-order valence-electron chi connectivity index (χ3n) is 4.34. The minimum Gasteiger partial charge on any atom is -0.399 e. The molecule has 3 N–H and O–H groups in total. The largest absolute Gasteiger partial charge is 0.399 e. The second-order valence-corrected chi connectivity index (χ2v) is 6.28. The molecule has 0 aromatic heterocycles. The lowest BCUT2D eigenvalue weighted by Crippen LogP contribution is -2.66. The van der Waals surface area contributed by atoms with Gasteiger partial charge in [0, 0.05) is 12.1 Å². The first-order valence-electron chi connectivity index (χ1n) is 7.17. The summed E-state index contributed by atoms with van der Waals surface area (Å²) >= 11 is 0. The zero-order valence-corrected chi connectivity index (χ0v) is 12.5. The summed E-state index contributed by atoms with van der Waals surface area (Å²) < 4.78 is 0. The Bertz CT molecular complexity index is 476. The van der Waals surface area contributed by atoms with Gasteiger partial charge >= 0.3 is 0 Å². The lowest BCUT2D eigenvalue weighted by atomic mass is 9.82. The fourth-order valence-corrected chi connectivity index (χ4v) is 2.49. The average Bonchev–Trinajstić information content (AvgIpc) is 2.35. The van der Waals surface area contributed by atoms with E-state index in [1.165, 1.54) is 0 Å². The van der Waals surface area contributed by atoms with Crippen LogP contribution in [-0.2, 0) is 4.79 Å². The third kappa shape index (κ3) is 2.96. The molecule has 0 spiro atoms. The maximum absolute atomic E-state index is 12.2. The smallest absolute Gasteiger partial charge is 0.223 e. The number of nitrogens with two attached hydrogens (primary N) is 1. The zero-order valence-electron chi connectivity index (χ0n) is 12.5. The van der Waals surface area contributed by atoms with E-state index < -0.39 is 5.60 Å². The summed E-state index contributed by atoms with van der Waals surface area (Å²) in [7, 11) is 0. The highest BCUT2D eigenvalue weighted by atomic mass is 16.3. The number of likely N-dealkylation sites (tertiary alicyclic amines) is 1. The quantitative estimate of drug-likeness (QED) is 0.827. The summed E-state index contributed by atoms with van der Waals surface area (Å²) in [6.07, 6.45) is 0.470. The van der Waals surface area contributed by atoms with Crippen molar-refractivity contribution >= 4 is 11.6 Å². The molecule has 4 heteroatoms. The van der Waals surface area contributed by atoms with Crippen LogP contribution >= 0.6 is 0 Å². The van der Waals surface area contributed by atoms with Gasteiger partial charge in [0.15, 0.2) is 0 Å².